The molecule has 0 heterocycles. The van der Waals surface area contributed by atoms with Crippen LogP contribution in [0.25, 0.3) is 0 Å². The van der Waals surface area contributed by atoms with Gasteiger partial charge in [-0.15, -0.1) is 6.58 Å². The molecule has 0 amide bonds. The normalized spacial score (nSPS) is 11.3. The van der Waals surface area contributed by atoms with Crippen molar-refractivity contribution in [1.82, 2.24) is 0 Å². The molecule has 0 fully saturated rings. The van der Waals surface area contributed by atoms with Crippen LogP contribution in [0.4, 0.5) is 0 Å². The van der Waals surface area contributed by atoms with Gasteiger partial charge >= 0.3 is 0 Å². The van der Waals surface area contributed by atoms with Crippen LogP contribution in [0.5, 0.6) is 0 Å². The Balaban J connectivity index is 3.11. The lowest BCUT2D eigenvalue weighted by atomic mass is 10.0. The monoisotopic (exact) mass is 175 g/mol. The minimum atomic E-state index is 0.637. The van der Waals surface area contributed by atoms with Crippen molar-refractivity contribution >= 4 is 5.71 Å². The second kappa shape index (κ2) is 4.45. The zero-order valence-corrected chi connectivity index (χ0v) is 7.70. The van der Waals surface area contributed by atoms with E-state index in [4.69, 9.17) is 5.21 Å². The van der Waals surface area contributed by atoms with Crippen molar-refractivity contribution in [3.8, 4) is 0 Å². The first-order valence-corrected chi connectivity index (χ1v) is 4.17. The van der Waals surface area contributed by atoms with Gasteiger partial charge in [-0.05, 0) is 18.9 Å². The zero-order chi connectivity index (χ0) is 9.68. The summed E-state index contributed by atoms with van der Waals surface area (Å²) in [6, 6.07) is 7.84. The molecule has 0 aromatic heterocycles. The maximum absolute atomic E-state index is 8.64. The second-order valence-corrected chi connectivity index (χ2v) is 2.84. The van der Waals surface area contributed by atoms with Crippen LogP contribution in [0, 0.1) is 0 Å². The van der Waals surface area contributed by atoms with E-state index in [9.17, 15) is 0 Å². The second-order valence-electron chi connectivity index (χ2n) is 2.84. The SMILES string of the molecule is C=CCc1ccccc1/C(C)=N\O. The van der Waals surface area contributed by atoms with E-state index in [2.05, 4.69) is 11.7 Å². The molecular weight excluding hydrogens is 162 g/mol. The fourth-order valence-corrected chi connectivity index (χ4v) is 1.26. The first-order chi connectivity index (χ1) is 6.29. The van der Waals surface area contributed by atoms with Gasteiger partial charge < -0.3 is 5.21 Å². The summed E-state index contributed by atoms with van der Waals surface area (Å²) in [6.45, 7) is 5.46. The first-order valence-electron chi connectivity index (χ1n) is 4.17. The van der Waals surface area contributed by atoms with Gasteiger partial charge in [-0.25, -0.2) is 0 Å². The minimum absolute atomic E-state index is 0.637. The van der Waals surface area contributed by atoms with Crippen molar-refractivity contribution in [2.75, 3.05) is 0 Å². The van der Waals surface area contributed by atoms with E-state index in [1.54, 1.807) is 6.92 Å². The predicted octanol–water partition coefficient (Wildman–Crippen LogP) is 2.61. The number of rotatable bonds is 3. The van der Waals surface area contributed by atoms with Crippen LogP contribution in [0.3, 0.4) is 0 Å². The molecule has 0 saturated carbocycles. The van der Waals surface area contributed by atoms with E-state index in [-0.39, 0.29) is 0 Å². The Labute approximate surface area is 78.2 Å². The van der Waals surface area contributed by atoms with Gasteiger partial charge in [0.15, 0.2) is 0 Å². The molecule has 0 saturated heterocycles. The molecular formula is C11H13NO. The Hall–Kier alpha value is -1.57. The Morgan fingerprint density at radius 1 is 1.54 bits per heavy atom. The average molecular weight is 175 g/mol. The lowest BCUT2D eigenvalue weighted by Gasteiger charge is -2.04. The van der Waals surface area contributed by atoms with Crippen LogP contribution in [-0.4, -0.2) is 10.9 Å². The van der Waals surface area contributed by atoms with Gasteiger partial charge in [0.05, 0.1) is 5.71 Å². The van der Waals surface area contributed by atoms with Gasteiger partial charge in [-0.2, -0.15) is 0 Å². The summed E-state index contributed by atoms with van der Waals surface area (Å²) >= 11 is 0. The van der Waals surface area contributed by atoms with E-state index in [1.807, 2.05) is 30.3 Å². The van der Waals surface area contributed by atoms with Crippen LogP contribution in [0.1, 0.15) is 18.1 Å². The van der Waals surface area contributed by atoms with Crippen molar-refractivity contribution in [2.45, 2.75) is 13.3 Å². The highest BCUT2D eigenvalue weighted by atomic mass is 16.4. The largest absolute Gasteiger partial charge is 0.411 e. The molecule has 0 unspecified atom stereocenters. The summed E-state index contributed by atoms with van der Waals surface area (Å²) in [7, 11) is 0. The molecule has 0 bridgehead atoms. The first kappa shape index (κ1) is 9.52. The topological polar surface area (TPSA) is 32.6 Å². The zero-order valence-electron chi connectivity index (χ0n) is 7.70. The van der Waals surface area contributed by atoms with Crippen LogP contribution < -0.4 is 0 Å². The molecule has 68 valence electrons. The van der Waals surface area contributed by atoms with Crippen LogP contribution >= 0.6 is 0 Å². The maximum atomic E-state index is 8.64. The van der Waals surface area contributed by atoms with Gasteiger partial charge in [0.1, 0.15) is 0 Å². The van der Waals surface area contributed by atoms with Gasteiger partial charge in [0.25, 0.3) is 0 Å². The lowest BCUT2D eigenvalue weighted by molar-refractivity contribution is 0.319. The highest BCUT2D eigenvalue weighted by molar-refractivity contribution is 5.99. The third-order valence-electron chi connectivity index (χ3n) is 1.92. The molecule has 0 radical (unpaired) electrons. The van der Waals surface area contributed by atoms with Crippen LogP contribution in [-0.2, 0) is 6.42 Å². The summed E-state index contributed by atoms with van der Waals surface area (Å²) in [5.41, 5.74) is 2.75. The molecule has 0 aliphatic carbocycles. The number of hydrogen-bond donors (Lipinski definition) is 1. The Morgan fingerprint density at radius 2 is 2.23 bits per heavy atom. The molecule has 0 aliphatic rings. The predicted molar refractivity (Wildman–Crippen MR) is 54.3 cm³/mol. The Morgan fingerprint density at radius 3 is 2.85 bits per heavy atom. The summed E-state index contributed by atoms with van der Waals surface area (Å²) in [5.74, 6) is 0. The molecule has 0 spiro atoms. The van der Waals surface area contributed by atoms with Crippen molar-refractivity contribution in [2.24, 2.45) is 5.16 Å². The number of oxime groups is 1. The molecule has 1 N–H and O–H groups in total. The number of allylic oxidation sites excluding steroid dienone is 1. The van der Waals surface area contributed by atoms with E-state index < -0.39 is 0 Å². The third kappa shape index (κ3) is 2.18. The molecule has 1 aromatic rings. The summed E-state index contributed by atoms with van der Waals surface area (Å²) < 4.78 is 0. The summed E-state index contributed by atoms with van der Waals surface area (Å²) in [5, 5.41) is 11.8. The van der Waals surface area contributed by atoms with Crippen molar-refractivity contribution in [3.05, 3.63) is 48.0 Å². The molecule has 1 aromatic carbocycles. The van der Waals surface area contributed by atoms with Crippen molar-refractivity contribution < 1.29 is 5.21 Å². The van der Waals surface area contributed by atoms with Crippen LogP contribution in [0.15, 0.2) is 42.1 Å². The maximum Gasteiger partial charge on any atom is 0.0839 e. The quantitative estimate of drug-likeness (QED) is 0.325. The lowest BCUT2D eigenvalue weighted by Crippen LogP contribution is -1.99. The number of hydrogen-bond acceptors (Lipinski definition) is 2. The van der Waals surface area contributed by atoms with Gasteiger partial charge in [0.2, 0.25) is 0 Å². The Kier molecular flexibility index (Phi) is 3.26. The highest BCUT2D eigenvalue weighted by Gasteiger charge is 2.02. The van der Waals surface area contributed by atoms with Gasteiger partial charge in [-0.1, -0.05) is 35.5 Å². The number of benzene rings is 1. The smallest absolute Gasteiger partial charge is 0.0839 e. The van der Waals surface area contributed by atoms with Gasteiger partial charge in [0, 0.05) is 5.56 Å². The third-order valence-corrected chi connectivity index (χ3v) is 1.92. The molecule has 2 heteroatoms. The highest BCUT2D eigenvalue weighted by Crippen LogP contribution is 2.10. The molecule has 13 heavy (non-hydrogen) atoms. The molecule has 0 atom stereocenters. The van der Waals surface area contributed by atoms with E-state index in [0.29, 0.717) is 5.71 Å². The van der Waals surface area contributed by atoms with Gasteiger partial charge in [-0.3, -0.25) is 0 Å². The van der Waals surface area contributed by atoms with Crippen molar-refractivity contribution in [1.29, 1.82) is 0 Å². The molecule has 0 aliphatic heterocycles. The Bertz CT molecular complexity index is 329. The average Bonchev–Trinajstić information content (AvgIpc) is 2.18. The van der Waals surface area contributed by atoms with E-state index in [1.165, 1.54) is 0 Å². The van der Waals surface area contributed by atoms with Crippen LogP contribution in [0.2, 0.25) is 0 Å². The fourth-order valence-electron chi connectivity index (χ4n) is 1.26. The summed E-state index contributed by atoms with van der Waals surface area (Å²) in [6.07, 6.45) is 2.63. The minimum Gasteiger partial charge on any atom is -0.411 e. The van der Waals surface area contributed by atoms with E-state index >= 15 is 0 Å². The number of nitrogens with zero attached hydrogens (tertiary/aromatic N) is 1. The standard InChI is InChI=1S/C11H13NO/c1-3-6-10-7-4-5-8-11(10)9(2)12-13/h3-5,7-8,13H,1,6H2,2H3/b12-9-. The molecule has 2 nitrogen and oxygen atoms in total. The summed E-state index contributed by atoms with van der Waals surface area (Å²) in [4.78, 5) is 0. The van der Waals surface area contributed by atoms with Crippen molar-refractivity contribution in [3.63, 3.8) is 0 Å². The molecule has 1 rings (SSSR count). The fraction of sp³-hybridized carbons (Fsp3) is 0.182. The van der Waals surface area contributed by atoms with E-state index in [0.717, 1.165) is 17.5 Å².